The minimum Gasteiger partial charge on any atom is -0.357 e. The second-order valence-electron chi connectivity index (χ2n) is 7.32. The van der Waals surface area contributed by atoms with E-state index in [2.05, 4.69) is 10.3 Å². The van der Waals surface area contributed by atoms with Crippen molar-refractivity contribution < 1.29 is 9.59 Å². The van der Waals surface area contributed by atoms with E-state index in [1.54, 1.807) is 6.92 Å². The van der Waals surface area contributed by atoms with Gasteiger partial charge in [-0.05, 0) is 36.6 Å². The smallest absolute Gasteiger partial charge is 0.241 e. The molecule has 1 unspecified atom stereocenters. The van der Waals surface area contributed by atoms with Crippen molar-refractivity contribution in [3.05, 3.63) is 65.4 Å². The van der Waals surface area contributed by atoms with Crippen LogP contribution in [0.3, 0.4) is 0 Å². The monoisotopic (exact) mass is 376 g/mol. The van der Waals surface area contributed by atoms with Gasteiger partial charge in [0.1, 0.15) is 0 Å². The number of nitrogens with one attached hydrogen (secondary N) is 2. The highest BCUT2D eigenvalue weighted by Gasteiger charge is 2.25. The highest BCUT2D eigenvalue weighted by atomic mass is 16.2. The van der Waals surface area contributed by atoms with Crippen molar-refractivity contribution in [2.24, 2.45) is 5.73 Å². The Labute approximate surface area is 163 Å². The van der Waals surface area contributed by atoms with Crippen LogP contribution in [-0.2, 0) is 29.0 Å². The summed E-state index contributed by atoms with van der Waals surface area (Å²) in [6.45, 7) is 2.88. The molecule has 28 heavy (non-hydrogen) atoms. The van der Waals surface area contributed by atoms with E-state index < -0.39 is 6.04 Å². The van der Waals surface area contributed by atoms with E-state index in [1.807, 2.05) is 53.4 Å². The Morgan fingerprint density at radius 3 is 2.71 bits per heavy atom. The number of aromatic nitrogens is 1. The third-order valence-corrected chi connectivity index (χ3v) is 5.22. The van der Waals surface area contributed by atoms with Gasteiger partial charge in [0.15, 0.2) is 0 Å². The maximum absolute atomic E-state index is 12.7. The normalized spacial score (nSPS) is 14.6. The van der Waals surface area contributed by atoms with Crippen molar-refractivity contribution in [1.29, 1.82) is 0 Å². The van der Waals surface area contributed by atoms with Crippen molar-refractivity contribution in [3.63, 3.8) is 0 Å². The molecular formula is C22H24N4O2. The van der Waals surface area contributed by atoms with Crippen molar-refractivity contribution in [2.75, 3.05) is 11.9 Å². The van der Waals surface area contributed by atoms with E-state index in [-0.39, 0.29) is 11.8 Å². The van der Waals surface area contributed by atoms with Gasteiger partial charge in [0.05, 0.1) is 24.7 Å². The van der Waals surface area contributed by atoms with Crippen LogP contribution in [-0.4, -0.2) is 34.3 Å². The van der Waals surface area contributed by atoms with Gasteiger partial charge in [-0.1, -0.05) is 36.4 Å². The largest absolute Gasteiger partial charge is 0.357 e. The fourth-order valence-corrected chi connectivity index (χ4v) is 3.74. The number of rotatable bonds is 4. The zero-order valence-electron chi connectivity index (χ0n) is 15.9. The summed E-state index contributed by atoms with van der Waals surface area (Å²) in [7, 11) is 0. The second-order valence-corrected chi connectivity index (χ2v) is 7.32. The lowest BCUT2D eigenvalue weighted by molar-refractivity contribution is -0.131. The third-order valence-electron chi connectivity index (χ3n) is 5.22. The first-order chi connectivity index (χ1) is 13.5. The molecule has 1 atom stereocenters. The van der Waals surface area contributed by atoms with Crippen LogP contribution in [0.4, 0.5) is 5.69 Å². The topological polar surface area (TPSA) is 91.2 Å². The maximum Gasteiger partial charge on any atom is 0.241 e. The van der Waals surface area contributed by atoms with Crippen molar-refractivity contribution in [1.82, 2.24) is 9.88 Å². The molecule has 3 aromatic rings. The summed E-state index contributed by atoms with van der Waals surface area (Å²) < 4.78 is 0. The van der Waals surface area contributed by atoms with Crippen LogP contribution in [0.1, 0.15) is 23.7 Å². The highest BCUT2D eigenvalue weighted by Crippen LogP contribution is 2.33. The van der Waals surface area contributed by atoms with E-state index >= 15 is 0 Å². The van der Waals surface area contributed by atoms with Crippen LogP contribution >= 0.6 is 0 Å². The first-order valence-corrected chi connectivity index (χ1v) is 9.53. The van der Waals surface area contributed by atoms with Crippen LogP contribution in [0.15, 0.2) is 48.5 Å². The van der Waals surface area contributed by atoms with Gasteiger partial charge in [-0.15, -0.1) is 0 Å². The Morgan fingerprint density at radius 2 is 1.96 bits per heavy atom. The molecule has 0 bridgehead atoms. The zero-order valence-corrected chi connectivity index (χ0v) is 15.9. The molecule has 2 amide bonds. The Morgan fingerprint density at radius 1 is 1.18 bits per heavy atom. The van der Waals surface area contributed by atoms with Gasteiger partial charge < -0.3 is 20.9 Å². The van der Waals surface area contributed by atoms with Gasteiger partial charge in [-0.25, -0.2) is 0 Å². The molecule has 4 N–H and O–H groups in total. The number of hydrogen-bond acceptors (Lipinski definition) is 3. The molecule has 2 aromatic carbocycles. The molecule has 0 radical (unpaired) electrons. The van der Waals surface area contributed by atoms with Gasteiger partial charge in [-0.2, -0.15) is 0 Å². The Balaban J connectivity index is 1.58. The summed E-state index contributed by atoms with van der Waals surface area (Å²) in [5, 5.41) is 3.94. The average molecular weight is 376 g/mol. The van der Waals surface area contributed by atoms with E-state index in [1.165, 1.54) is 5.56 Å². The van der Waals surface area contributed by atoms with E-state index in [9.17, 15) is 9.59 Å². The Kier molecular flexibility index (Phi) is 4.88. The summed E-state index contributed by atoms with van der Waals surface area (Å²) >= 11 is 0. The van der Waals surface area contributed by atoms with Crippen LogP contribution < -0.4 is 11.1 Å². The fourth-order valence-electron chi connectivity index (χ4n) is 3.74. The van der Waals surface area contributed by atoms with Crippen LogP contribution in [0.25, 0.3) is 10.9 Å². The number of H-pyrrole nitrogens is 1. The minimum absolute atomic E-state index is 0.126. The van der Waals surface area contributed by atoms with Crippen LogP contribution in [0, 0.1) is 0 Å². The molecule has 0 saturated heterocycles. The molecule has 0 spiro atoms. The van der Waals surface area contributed by atoms with E-state index in [4.69, 9.17) is 5.73 Å². The number of carbonyl (C=O) groups excluding carboxylic acids is 2. The molecule has 0 fully saturated rings. The number of benzene rings is 2. The lowest BCUT2D eigenvalue weighted by Gasteiger charge is -2.27. The molecule has 1 aliphatic rings. The van der Waals surface area contributed by atoms with Crippen molar-refractivity contribution in [3.8, 4) is 0 Å². The molecule has 4 rings (SSSR count). The fraction of sp³-hybridized carbons (Fsp3) is 0.273. The number of fused-ring (bicyclic) bond motifs is 3. The summed E-state index contributed by atoms with van der Waals surface area (Å²) in [6, 6.07) is 15.0. The third kappa shape index (κ3) is 3.51. The number of anilines is 1. The standard InChI is InChI=1S/C22H24N4O2/c1-14(23)22(28)25-18-9-5-8-17-21(18)16-10-11-26(13-19(16)24-17)20(27)12-15-6-3-2-4-7-15/h2-9,14,24H,10-13,23H2,1H3,(H,25,28). The Hall–Kier alpha value is -3.12. The summed E-state index contributed by atoms with van der Waals surface area (Å²) in [4.78, 5) is 30.1. The van der Waals surface area contributed by atoms with Crippen molar-refractivity contribution >= 4 is 28.4 Å². The molecule has 1 aromatic heterocycles. The van der Waals surface area contributed by atoms with Crippen molar-refractivity contribution in [2.45, 2.75) is 32.4 Å². The quantitative estimate of drug-likeness (QED) is 0.654. The zero-order chi connectivity index (χ0) is 19.7. The summed E-state index contributed by atoms with van der Waals surface area (Å²) in [6.07, 6.45) is 1.16. The van der Waals surface area contributed by atoms with Gasteiger partial charge in [0, 0.05) is 23.1 Å². The van der Waals surface area contributed by atoms with Gasteiger partial charge >= 0.3 is 0 Å². The summed E-state index contributed by atoms with van der Waals surface area (Å²) in [5.41, 5.74) is 10.6. The average Bonchev–Trinajstić information content (AvgIpc) is 3.07. The molecule has 1 aliphatic heterocycles. The molecule has 0 aliphatic carbocycles. The second kappa shape index (κ2) is 7.48. The molecule has 0 saturated carbocycles. The van der Waals surface area contributed by atoms with Gasteiger partial charge in [0.25, 0.3) is 0 Å². The molecule has 6 nitrogen and oxygen atoms in total. The lowest BCUT2D eigenvalue weighted by Crippen LogP contribution is -2.36. The molecule has 2 heterocycles. The first-order valence-electron chi connectivity index (χ1n) is 9.53. The maximum atomic E-state index is 12.7. The number of amides is 2. The van der Waals surface area contributed by atoms with Crippen LogP contribution in [0.5, 0.6) is 0 Å². The van der Waals surface area contributed by atoms with E-state index in [0.29, 0.717) is 19.5 Å². The van der Waals surface area contributed by atoms with Crippen LogP contribution in [0.2, 0.25) is 0 Å². The SMILES string of the molecule is CC(N)C(=O)Nc1cccc2[nH]c3c(c12)CCN(C(=O)Cc1ccccc1)C3. The van der Waals surface area contributed by atoms with Gasteiger partial charge in [0.2, 0.25) is 11.8 Å². The first kappa shape index (κ1) is 18.3. The number of carbonyl (C=O) groups is 2. The number of nitrogens with zero attached hydrogens (tertiary/aromatic N) is 1. The number of hydrogen-bond donors (Lipinski definition) is 3. The highest BCUT2D eigenvalue weighted by molar-refractivity contribution is 6.04. The molecule has 144 valence electrons. The number of aromatic amines is 1. The Bertz CT molecular complexity index is 1020. The number of nitrogens with two attached hydrogens (primary N) is 1. The van der Waals surface area contributed by atoms with Gasteiger partial charge in [-0.3, -0.25) is 9.59 Å². The summed E-state index contributed by atoms with van der Waals surface area (Å²) in [5.74, 6) is -0.0843. The minimum atomic E-state index is -0.573. The predicted octanol–water partition coefficient (Wildman–Crippen LogP) is 2.58. The molecular weight excluding hydrogens is 352 g/mol. The lowest BCUT2D eigenvalue weighted by atomic mass is 10.0. The predicted molar refractivity (Wildman–Crippen MR) is 110 cm³/mol. The van der Waals surface area contributed by atoms with E-state index in [0.717, 1.165) is 34.3 Å². The molecule has 6 heteroatoms.